The van der Waals surface area contributed by atoms with Crippen molar-refractivity contribution >= 4 is 5.91 Å². The van der Waals surface area contributed by atoms with E-state index in [1.807, 2.05) is 12.1 Å². The standard InChI is InChI=1S/C15H17NO4/c1-16(15(18)14-4-3-9-20-14)13(10-17)11-5-7-12(19-2)8-6-11/h3-9,13,17H,10H2,1-2H3. The summed E-state index contributed by atoms with van der Waals surface area (Å²) in [5.74, 6) is 0.704. The molecule has 1 N–H and O–H groups in total. The molecule has 0 aliphatic heterocycles. The summed E-state index contributed by atoms with van der Waals surface area (Å²) in [4.78, 5) is 13.7. The Hall–Kier alpha value is -2.27. The number of benzene rings is 1. The average molecular weight is 275 g/mol. The van der Waals surface area contributed by atoms with Gasteiger partial charge in [-0.1, -0.05) is 12.1 Å². The van der Waals surface area contributed by atoms with Gasteiger partial charge >= 0.3 is 0 Å². The molecule has 106 valence electrons. The molecule has 1 unspecified atom stereocenters. The van der Waals surface area contributed by atoms with Crippen LogP contribution >= 0.6 is 0 Å². The van der Waals surface area contributed by atoms with E-state index < -0.39 is 6.04 Å². The number of likely N-dealkylation sites (N-methyl/N-ethyl adjacent to an activating group) is 1. The Morgan fingerprint density at radius 1 is 1.35 bits per heavy atom. The number of carbonyl (C=O) groups excluding carboxylic acids is 1. The predicted octanol–water partition coefficient (Wildman–Crippen LogP) is 2.09. The summed E-state index contributed by atoms with van der Waals surface area (Å²) in [6.07, 6.45) is 1.45. The lowest BCUT2D eigenvalue weighted by Gasteiger charge is -2.26. The van der Waals surface area contributed by atoms with Gasteiger partial charge < -0.3 is 19.2 Å². The third kappa shape index (κ3) is 2.83. The van der Waals surface area contributed by atoms with Crippen molar-refractivity contribution in [2.75, 3.05) is 20.8 Å². The van der Waals surface area contributed by atoms with Gasteiger partial charge in [0.2, 0.25) is 0 Å². The number of aliphatic hydroxyl groups is 1. The van der Waals surface area contributed by atoms with Gasteiger partial charge in [-0.05, 0) is 29.8 Å². The molecule has 5 nitrogen and oxygen atoms in total. The second-order valence-corrected chi connectivity index (χ2v) is 4.36. The number of methoxy groups -OCH3 is 1. The van der Waals surface area contributed by atoms with E-state index in [0.29, 0.717) is 0 Å². The SMILES string of the molecule is COc1ccc(C(CO)N(C)C(=O)c2ccco2)cc1. The van der Waals surface area contributed by atoms with E-state index in [9.17, 15) is 9.90 Å². The lowest BCUT2D eigenvalue weighted by Crippen LogP contribution is -2.33. The zero-order valence-electron chi connectivity index (χ0n) is 11.4. The van der Waals surface area contributed by atoms with Crippen LogP contribution in [-0.4, -0.2) is 36.7 Å². The lowest BCUT2D eigenvalue weighted by molar-refractivity contribution is 0.0627. The Morgan fingerprint density at radius 3 is 2.55 bits per heavy atom. The van der Waals surface area contributed by atoms with Gasteiger partial charge in [-0.3, -0.25) is 4.79 Å². The summed E-state index contributed by atoms with van der Waals surface area (Å²) in [5, 5.41) is 9.57. The summed E-state index contributed by atoms with van der Waals surface area (Å²) in [5.41, 5.74) is 0.829. The van der Waals surface area contributed by atoms with Crippen molar-refractivity contribution in [3.8, 4) is 5.75 Å². The van der Waals surface area contributed by atoms with Crippen molar-refractivity contribution in [3.05, 3.63) is 54.0 Å². The van der Waals surface area contributed by atoms with Crippen molar-refractivity contribution < 1.29 is 19.1 Å². The fourth-order valence-electron chi connectivity index (χ4n) is 1.99. The molecule has 20 heavy (non-hydrogen) atoms. The van der Waals surface area contributed by atoms with Crippen molar-refractivity contribution in [2.45, 2.75) is 6.04 Å². The second-order valence-electron chi connectivity index (χ2n) is 4.36. The molecular weight excluding hydrogens is 258 g/mol. The van der Waals surface area contributed by atoms with Crippen molar-refractivity contribution in [3.63, 3.8) is 0 Å². The minimum absolute atomic E-state index is 0.171. The lowest BCUT2D eigenvalue weighted by atomic mass is 10.1. The van der Waals surface area contributed by atoms with Crippen LogP contribution in [0.4, 0.5) is 0 Å². The molecule has 0 aliphatic carbocycles. The van der Waals surface area contributed by atoms with Crippen LogP contribution in [0.3, 0.4) is 0 Å². The number of hydrogen-bond acceptors (Lipinski definition) is 4. The fraction of sp³-hybridized carbons (Fsp3) is 0.267. The van der Waals surface area contributed by atoms with Gasteiger partial charge in [0.15, 0.2) is 5.76 Å². The van der Waals surface area contributed by atoms with E-state index in [1.54, 1.807) is 38.4 Å². The highest BCUT2D eigenvalue weighted by molar-refractivity contribution is 5.91. The number of carbonyl (C=O) groups is 1. The molecule has 1 amide bonds. The number of nitrogens with zero attached hydrogens (tertiary/aromatic N) is 1. The minimum atomic E-state index is -0.432. The monoisotopic (exact) mass is 275 g/mol. The summed E-state index contributed by atoms with van der Waals surface area (Å²) < 4.78 is 10.2. The van der Waals surface area contributed by atoms with E-state index in [4.69, 9.17) is 9.15 Å². The zero-order chi connectivity index (χ0) is 14.5. The number of amides is 1. The van der Waals surface area contributed by atoms with Gasteiger partial charge in [-0.25, -0.2) is 0 Å². The largest absolute Gasteiger partial charge is 0.497 e. The maximum atomic E-state index is 12.2. The predicted molar refractivity (Wildman–Crippen MR) is 73.6 cm³/mol. The maximum Gasteiger partial charge on any atom is 0.289 e. The first-order chi connectivity index (χ1) is 9.67. The van der Waals surface area contributed by atoms with Crippen molar-refractivity contribution in [1.82, 2.24) is 4.90 Å². The van der Waals surface area contributed by atoms with Crippen LogP contribution < -0.4 is 4.74 Å². The maximum absolute atomic E-state index is 12.2. The highest BCUT2D eigenvalue weighted by Crippen LogP contribution is 2.23. The normalized spacial score (nSPS) is 11.9. The second kappa shape index (κ2) is 6.25. The van der Waals surface area contributed by atoms with Crippen LogP contribution in [0.1, 0.15) is 22.2 Å². The third-order valence-corrected chi connectivity index (χ3v) is 3.19. The molecular formula is C15H17NO4. The summed E-state index contributed by atoms with van der Waals surface area (Å²) in [7, 11) is 3.22. The summed E-state index contributed by atoms with van der Waals surface area (Å²) in [6.45, 7) is -0.171. The Balaban J connectivity index is 2.20. The zero-order valence-corrected chi connectivity index (χ0v) is 11.4. The molecule has 1 aromatic heterocycles. The first-order valence-electron chi connectivity index (χ1n) is 6.23. The highest BCUT2D eigenvalue weighted by Gasteiger charge is 2.23. The van der Waals surface area contributed by atoms with E-state index in [2.05, 4.69) is 0 Å². The molecule has 0 saturated carbocycles. The Labute approximate surface area is 117 Å². The highest BCUT2D eigenvalue weighted by atomic mass is 16.5. The first-order valence-corrected chi connectivity index (χ1v) is 6.23. The summed E-state index contributed by atoms with van der Waals surface area (Å²) in [6, 6.07) is 10.1. The molecule has 1 heterocycles. The molecule has 0 fully saturated rings. The fourth-order valence-corrected chi connectivity index (χ4v) is 1.99. The van der Waals surface area contributed by atoms with E-state index in [-0.39, 0.29) is 18.3 Å². The summed E-state index contributed by atoms with van der Waals surface area (Å²) >= 11 is 0. The Morgan fingerprint density at radius 2 is 2.05 bits per heavy atom. The van der Waals surface area contributed by atoms with Crippen LogP contribution in [0.25, 0.3) is 0 Å². The number of ether oxygens (including phenoxy) is 1. The van der Waals surface area contributed by atoms with Gasteiger partial charge in [0.1, 0.15) is 5.75 Å². The van der Waals surface area contributed by atoms with Crippen LogP contribution in [0.15, 0.2) is 47.1 Å². The quantitative estimate of drug-likeness (QED) is 0.907. The number of hydrogen-bond donors (Lipinski definition) is 1. The van der Waals surface area contributed by atoms with Gasteiger partial charge in [-0.2, -0.15) is 0 Å². The number of aliphatic hydroxyl groups excluding tert-OH is 1. The Bertz CT molecular complexity index is 548. The number of rotatable bonds is 5. The van der Waals surface area contributed by atoms with Crippen LogP contribution in [0.2, 0.25) is 0 Å². The molecule has 0 spiro atoms. The smallest absolute Gasteiger partial charge is 0.289 e. The molecule has 2 aromatic rings. The Kier molecular flexibility index (Phi) is 4.42. The average Bonchev–Trinajstić information content (AvgIpc) is 3.02. The molecule has 1 aromatic carbocycles. The molecule has 5 heteroatoms. The minimum Gasteiger partial charge on any atom is -0.497 e. The van der Waals surface area contributed by atoms with E-state index in [0.717, 1.165) is 11.3 Å². The topological polar surface area (TPSA) is 62.9 Å². The van der Waals surface area contributed by atoms with E-state index in [1.165, 1.54) is 11.2 Å². The molecule has 0 bridgehead atoms. The molecule has 0 radical (unpaired) electrons. The van der Waals surface area contributed by atoms with Gasteiger partial charge in [0, 0.05) is 7.05 Å². The molecule has 0 aliphatic rings. The van der Waals surface area contributed by atoms with Crippen LogP contribution in [0, 0.1) is 0 Å². The first kappa shape index (κ1) is 14.1. The van der Waals surface area contributed by atoms with Crippen molar-refractivity contribution in [1.29, 1.82) is 0 Å². The van der Waals surface area contributed by atoms with Gasteiger partial charge in [0.25, 0.3) is 5.91 Å². The van der Waals surface area contributed by atoms with Crippen LogP contribution in [-0.2, 0) is 0 Å². The molecule has 0 saturated heterocycles. The van der Waals surface area contributed by atoms with Crippen molar-refractivity contribution in [2.24, 2.45) is 0 Å². The third-order valence-electron chi connectivity index (χ3n) is 3.19. The van der Waals surface area contributed by atoms with E-state index >= 15 is 0 Å². The van der Waals surface area contributed by atoms with Gasteiger partial charge in [-0.15, -0.1) is 0 Å². The molecule has 1 atom stereocenters. The van der Waals surface area contributed by atoms with Crippen LogP contribution in [0.5, 0.6) is 5.75 Å². The molecule has 2 rings (SSSR count). The number of furan rings is 1. The van der Waals surface area contributed by atoms with Gasteiger partial charge in [0.05, 0.1) is 26.0 Å².